The van der Waals surface area contributed by atoms with Crippen LogP contribution in [0.25, 0.3) is 0 Å². The van der Waals surface area contributed by atoms with Crippen LogP contribution in [-0.4, -0.2) is 24.8 Å². The van der Waals surface area contributed by atoms with E-state index in [9.17, 15) is 4.79 Å². The summed E-state index contributed by atoms with van der Waals surface area (Å²) >= 11 is 0. The minimum absolute atomic E-state index is 0. The van der Waals surface area contributed by atoms with Gasteiger partial charge in [-0.3, -0.25) is 0 Å². The summed E-state index contributed by atoms with van der Waals surface area (Å²) in [6, 6.07) is 0. The van der Waals surface area contributed by atoms with Crippen molar-refractivity contribution in [1.82, 2.24) is 0 Å². The Bertz CT molecular complexity index is 48.1. The molecule has 1 N–H and O–H groups in total. The fraction of sp³-hybridized carbons (Fsp3) is 0.667. The fourth-order valence-corrected chi connectivity index (χ4v) is 0.0645. The third-order valence-corrected chi connectivity index (χ3v) is 0.357. The van der Waals surface area contributed by atoms with Crippen LogP contribution in [0.5, 0.6) is 0 Å². The molecule has 0 radical (unpaired) electrons. The predicted octanol–water partition coefficient (Wildman–Crippen LogP) is -3.84. The third-order valence-electron chi connectivity index (χ3n) is 0.357. The summed E-state index contributed by atoms with van der Waals surface area (Å²) < 4.78 is 4.01. The number of aliphatic hydroxyl groups excluding tert-OH is 1. The molecule has 0 heterocycles. The molecule has 0 spiro atoms. The number of methoxy groups -OCH3 is 1. The van der Waals surface area contributed by atoms with Gasteiger partial charge >= 0.3 is 35.5 Å². The topological polar surface area (TPSA) is 46.5 Å². The minimum Gasteiger partial charge on any atom is -0.467 e. The fourth-order valence-electron chi connectivity index (χ4n) is 0.0645. The Balaban J connectivity index is 0. The predicted molar refractivity (Wildman–Crippen MR) is 19.1 cm³/mol. The summed E-state index contributed by atoms with van der Waals surface area (Å²) in [6.45, 7) is -0.531. The summed E-state index contributed by atoms with van der Waals surface area (Å²) in [5, 5.41) is 7.86. The van der Waals surface area contributed by atoms with E-state index in [1.165, 1.54) is 7.11 Å². The van der Waals surface area contributed by atoms with Crippen LogP contribution in [0.2, 0.25) is 0 Å². The monoisotopic (exact) mass is 113 g/mol. The second-order valence-corrected chi connectivity index (χ2v) is 0.734. The van der Waals surface area contributed by atoms with Crippen LogP contribution in [0.1, 0.15) is 0 Å². The molecule has 0 rings (SSSR count). The molecule has 0 aliphatic rings. The molecule has 0 aliphatic carbocycles. The van der Waals surface area contributed by atoms with Gasteiger partial charge in [-0.2, -0.15) is 0 Å². The number of rotatable bonds is 1. The molecule has 0 atom stereocenters. The molecule has 0 aliphatic heterocycles. The standard InChI is InChI=1S/C3H6O3.Na/c1-6-3(5)2-4;/h4H,2H2,1H3;/q;+1. The van der Waals surface area contributed by atoms with Gasteiger partial charge in [-0.15, -0.1) is 0 Å². The maximum Gasteiger partial charge on any atom is 1.00 e. The Morgan fingerprint density at radius 3 is 2.29 bits per heavy atom. The van der Waals surface area contributed by atoms with Crippen LogP contribution in [0.4, 0.5) is 0 Å². The van der Waals surface area contributed by atoms with E-state index >= 15 is 0 Å². The zero-order valence-electron chi connectivity index (χ0n) is 4.47. The van der Waals surface area contributed by atoms with Crippen molar-refractivity contribution in [2.75, 3.05) is 13.7 Å². The van der Waals surface area contributed by atoms with Crippen molar-refractivity contribution in [2.45, 2.75) is 0 Å². The Morgan fingerprint density at radius 1 is 1.86 bits per heavy atom. The van der Waals surface area contributed by atoms with E-state index in [-0.39, 0.29) is 29.6 Å². The van der Waals surface area contributed by atoms with Gasteiger partial charge in [-0.05, 0) is 0 Å². The van der Waals surface area contributed by atoms with Crippen molar-refractivity contribution in [3.05, 3.63) is 0 Å². The van der Waals surface area contributed by atoms with E-state index in [0.29, 0.717) is 0 Å². The van der Waals surface area contributed by atoms with Gasteiger partial charge in [0.15, 0.2) is 0 Å². The smallest absolute Gasteiger partial charge is 0.467 e. The van der Waals surface area contributed by atoms with E-state index < -0.39 is 12.6 Å². The van der Waals surface area contributed by atoms with Crippen molar-refractivity contribution < 1.29 is 44.2 Å². The Kier molecular flexibility index (Phi) is 9.57. The van der Waals surface area contributed by atoms with Crippen LogP contribution >= 0.6 is 0 Å². The van der Waals surface area contributed by atoms with E-state index in [0.717, 1.165) is 0 Å². The van der Waals surface area contributed by atoms with Crippen LogP contribution in [0.15, 0.2) is 0 Å². The van der Waals surface area contributed by atoms with Gasteiger partial charge in [0.25, 0.3) is 0 Å². The summed E-state index contributed by atoms with van der Waals surface area (Å²) in [6.07, 6.45) is 0. The number of hydrogen-bond donors (Lipinski definition) is 1. The molecule has 0 aromatic rings. The van der Waals surface area contributed by atoms with Gasteiger partial charge in [0.2, 0.25) is 0 Å². The molecule has 0 amide bonds. The van der Waals surface area contributed by atoms with Crippen molar-refractivity contribution in [3.8, 4) is 0 Å². The molecule has 0 saturated carbocycles. The Hall–Kier alpha value is 0.430. The van der Waals surface area contributed by atoms with Crippen molar-refractivity contribution >= 4 is 5.97 Å². The molecule has 36 valence electrons. The molecular formula is C3H6NaO3+. The van der Waals surface area contributed by atoms with Gasteiger partial charge < -0.3 is 9.84 Å². The van der Waals surface area contributed by atoms with Crippen LogP contribution < -0.4 is 29.6 Å². The summed E-state index contributed by atoms with van der Waals surface area (Å²) in [5.74, 6) is -0.602. The van der Waals surface area contributed by atoms with Crippen LogP contribution in [0, 0.1) is 0 Å². The molecule has 4 heteroatoms. The molecule has 0 aromatic heterocycles. The second kappa shape index (κ2) is 6.43. The first kappa shape index (κ1) is 10.4. The van der Waals surface area contributed by atoms with Crippen LogP contribution in [-0.2, 0) is 9.53 Å². The molecule has 0 fully saturated rings. The second-order valence-electron chi connectivity index (χ2n) is 0.734. The maximum atomic E-state index is 9.71. The average Bonchev–Trinajstić information content (AvgIpc) is 1.65. The van der Waals surface area contributed by atoms with Gasteiger partial charge in [-0.25, -0.2) is 4.79 Å². The molecule has 0 aromatic carbocycles. The summed E-state index contributed by atoms with van der Waals surface area (Å²) in [7, 11) is 1.22. The Labute approximate surface area is 64.0 Å². The third kappa shape index (κ3) is 6.43. The minimum atomic E-state index is -0.602. The number of hydrogen-bond acceptors (Lipinski definition) is 3. The van der Waals surface area contributed by atoms with Gasteiger partial charge in [0.1, 0.15) is 6.61 Å². The van der Waals surface area contributed by atoms with Crippen molar-refractivity contribution in [1.29, 1.82) is 0 Å². The first-order valence-electron chi connectivity index (χ1n) is 1.49. The normalized spacial score (nSPS) is 6.57. The van der Waals surface area contributed by atoms with Crippen molar-refractivity contribution in [2.24, 2.45) is 0 Å². The van der Waals surface area contributed by atoms with Crippen molar-refractivity contribution in [3.63, 3.8) is 0 Å². The molecule has 7 heavy (non-hydrogen) atoms. The SMILES string of the molecule is COC(=O)CO.[Na+]. The number of carbonyl (C=O) groups is 1. The first-order valence-corrected chi connectivity index (χ1v) is 1.49. The quantitative estimate of drug-likeness (QED) is 0.280. The van der Waals surface area contributed by atoms with Crippen LogP contribution in [0.3, 0.4) is 0 Å². The molecule has 3 nitrogen and oxygen atoms in total. The number of aliphatic hydroxyl groups is 1. The average molecular weight is 113 g/mol. The van der Waals surface area contributed by atoms with E-state index in [1.807, 2.05) is 0 Å². The van der Waals surface area contributed by atoms with E-state index in [2.05, 4.69) is 4.74 Å². The number of esters is 1. The Morgan fingerprint density at radius 2 is 2.29 bits per heavy atom. The first-order chi connectivity index (χ1) is 2.81. The summed E-state index contributed by atoms with van der Waals surface area (Å²) in [5.41, 5.74) is 0. The van der Waals surface area contributed by atoms with Gasteiger partial charge in [-0.1, -0.05) is 0 Å². The molecule has 0 unspecified atom stereocenters. The summed E-state index contributed by atoms with van der Waals surface area (Å²) in [4.78, 5) is 9.71. The van der Waals surface area contributed by atoms with E-state index in [4.69, 9.17) is 5.11 Å². The maximum absolute atomic E-state index is 9.71. The largest absolute Gasteiger partial charge is 1.00 e. The van der Waals surface area contributed by atoms with Gasteiger partial charge in [0.05, 0.1) is 7.11 Å². The zero-order chi connectivity index (χ0) is 4.99. The number of carbonyl (C=O) groups excluding carboxylic acids is 1. The number of ether oxygens (including phenoxy) is 1. The molecule has 0 saturated heterocycles. The van der Waals surface area contributed by atoms with E-state index in [1.54, 1.807) is 0 Å². The zero-order valence-corrected chi connectivity index (χ0v) is 6.47. The molecule has 0 bridgehead atoms. The van der Waals surface area contributed by atoms with Gasteiger partial charge in [0, 0.05) is 0 Å². The molecular weight excluding hydrogens is 107 g/mol.